The second-order valence-electron chi connectivity index (χ2n) is 7.75. The van der Waals surface area contributed by atoms with Gasteiger partial charge in [0, 0.05) is 17.7 Å². The summed E-state index contributed by atoms with van der Waals surface area (Å²) in [7, 11) is 0. The number of hydrogen-bond donors (Lipinski definition) is 1. The van der Waals surface area contributed by atoms with Crippen LogP contribution >= 0.6 is 0 Å². The summed E-state index contributed by atoms with van der Waals surface area (Å²) in [6, 6.07) is 8.86. The summed E-state index contributed by atoms with van der Waals surface area (Å²) in [6.07, 6.45) is 7.72. The molecule has 1 amide bonds. The maximum Gasteiger partial charge on any atom is 0.316 e. The van der Waals surface area contributed by atoms with Crippen LogP contribution in [0.5, 0.6) is 0 Å². The number of nitrogens with one attached hydrogen (secondary N) is 1. The van der Waals surface area contributed by atoms with Gasteiger partial charge < -0.3 is 9.84 Å². The van der Waals surface area contributed by atoms with E-state index in [1.165, 1.54) is 42.1 Å². The molecular formula is C22H24FN5O3. The molecule has 3 aromatic rings. The van der Waals surface area contributed by atoms with Crippen LogP contribution in [0.2, 0.25) is 0 Å². The lowest BCUT2D eigenvalue weighted by atomic mass is 9.97. The molecule has 0 unspecified atom stereocenters. The summed E-state index contributed by atoms with van der Waals surface area (Å²) in [6.45, 7) is -0.0475. The number of carbonyl (C=O) groups excluding carboxylic acids is 1. The maximum atomic E-state index is 13.2. The van der Waals surface area contributed by atoms with Gasteiger partial charge in [0.25, 0.3) is 5.56 Å². The zero-order valence-electron chi connectivity index (χ0n) is 17.1. The maximum absolute atomic E-state index is 13.2. The highest BCUT2D eigenvalue weighted by molar-refractivity contribution is 5.89. The van der Waals surface area contributed by atoms with Gasteiger partial charge in [0.1, 0.15) is 12.4 Å². The Hall–Kier alpha value is -3.36. The van der Waals surface area contributed by atoms with Crippen molar-refractivity contribution in [1.29, 1.82) is 0 Å². The molecule has 162 valence electrons. The third kappa shape index (κ3) is 5.42. The molecule has 0 spiro atoms. The normalized spacial score (nSPS) is 15.3. The van der Waals surface area contributed by atoms with Gasteiger partial charge in [-0.15, -0.1) is 0 Å². The predicted molar refractivity (Wildman–Crippen MR) is 111 cm³/mol. The summed E-state index contributed by atoms with van der Waals surface area (Å²) in [5.74, 6) is -0.702. The number of halogens is 1. The monoisotopic (exact) mass is 425 g/mol. The Kier molecular flexibility index (Phi) is 6.49. The molecule has 0 saturated heterocycles. The standard InChI is InChI=1S/C22H24FN5O3/c23-16-10-8-15(9-11-16)18-12-13-20(29)28(26-18)14-19-25-22(31-27-19)21(30)24-17-6-4-2-1-3-5-7-17/h8-13,17H,1-7,14H2,(H,24,30). The lowest BCUT2D eigenvalue weighted by molar-refractivity contribution is 0.0886. The molecule has 2 heterocycles. The molecule has 1 aliphatic rings. The van der Waals surface area contributed by atoms with Gasteiger partial charge in [0.15, 0.2) is 5.82 Å². The van der Waals surface area contributed by atoms with Crippen molar-refractivity contribution in [1.82, 2.24) is 25.2 Å². The number of carbonyl (C=O) groups is 1. The first kappa shape index (κ1) is 20.9. The van der Waals surface area contributed by atoms with Crippen molar-refractivity contribution >= 4 is 5.91 Å². The minimum absolute atomic E-state index is 0.0475. The first-order valence-corrected chi connectivity index (χ1v) is 10.6. The van der Waals surface area contributed by atoms with Gasteiger partial charge in [-0.2, -0.15) is 10.1 Å². The van der Waals surface area contributed by atoms with Crippen molar-refractivity contribution in [2.45, 2.75) is 57.5 Å². The molecule has 0 radical (unpaired) electrons. The zero-order chi connectivity index (χ0) is 21.6. The highest BCUT2D eigenvalue weighted by atomic mass is 19.1. The molecule has 1 fully saturated rings. The van der Waals surface area contributed by atoms with E-state index in [1.807, 2.05) is 0 Å². The third-order valence-electron chi connectivity index (χ3n) is 5.40. The minimum atomic E-state index is -0.398. The Morgan fingerprint density at radius 3 is 2.52 bits per heavy atom. The fourth-order valence-corrected chi connectivity index (χ4v) is 3.73. The Morgan fingerprint density at radius 1 is 1.06 bits per heavy atom. The zero-order valence-corrected chi connectivity index (χ0v) is 17.1. The van der Waals surface area contributed by atoms with Gasteiger partial charge in [-0.1, -0.05) is 37.3 Å². The van der Waals surface area contributed by atoms with E-state index in [-0.39, 0.29) is 35.7 Å². The average Bonchev–Trinajstić information content (AvgIpc) is 3.21. The van der Waals surface area contributed by atoms with Crippen LogP contribution in [0, 0.1) is 5.82 Å². The molecule has 4 rings (SSSR count). The van der Waals surface area contributed by atoms with Gasteiger partial charge >= 0.3 is 11.8 Å². The van der Waals surface area contributed by atoms with Crippen molar-refractivity contribution in [3.05, 3.63) is 64.3 Å². The third-order valence-corrected chi connectivity index (χ3v) is 5.40. The van der Waals surface area contributed by atoms with E-state index < -0.39 is 5.91 Å². The topological polar surface area (TPSA) is 103 Å². The molecule has 1 N–H and O–H groups in total. The Labute approximate surface area is 178 Å². The summed E-state index contributed by atoms with van der Waals surface area (Å²) in [5.41, 5.74) is 0.823. The first-order valence-electron chi connectivity index (χ1n) is 10.6. The molecule has 2 aromatic heterocycles. The highest BCUT2D eigenvalue weighted by Crippen LogP contribution is 2.18. The first-order chi connectivity index (χ1) is 15.1. The van der Waals surface area contributed by atoms with Gasteiger partial charge in [-0.05, 0) is 43.2 Å². The van der Waals surface area contributed by atoms with Crippen molar-refractivity contribution in [2.75, 3.05) is 0 Å². The molecular weight excluding hydrogens is 401 g/mol. The lowest BCUT2D eigenvalue weighted by Crippen LogP contribution is -2.35. The fourth-order valence-electron chi connectivity index (χ4n) is 3.73. The number of amides is 1. The van der Waals surface area contributed by atoms with E-state index in [1.54, 1.807) is 18.2 Å². The average molecular weight is 425 g/mol. The minimum Gasteiger partial charge on any atom is -0.345 e. The van der Waals surface area contributed by atoms with Gasteiger partial charge in [-0.3, -0.25) is 9.59 Å². The second-order valence-corrected chi connectivity index (χ2v) is 7.75. The summed E-state index contributed by atoms with van der Waals surface area (Å²) in [4.78, 5) is 28.8. The van der Waals surface area contributed by atoms with E-state index in [0.29, 0.717) is 11.3 Å². The van der Waals surface area contributed by atoms with Crippen LogP contribution in [0.15, 0.2) is 45.7 Å². The number of benzene rings is 1. The molecule has 0 bridgehead atoms. The molecule has 0 aliphatic heterocycles. The molecule has 8 nitrogen and oxygen atoms in total. The van der Waals surface area contributed by atoms with Crippen molar-refractivity contribution in [2.24, 2.45) is 0 Å². The Bertz CT molecular complexity index is 1090. The van der Waals surface area contributed by atoms with Crippen LogP contribution in [-0.4, -0.2) is 31.9 Å². The van der Waals surface area contributed by atoms with Crippen molar-refractivity contribution in [3.8, 4) is 11.3 Å². The van der Waals surface area contributed by atoms with E-state index in [4.69, 9.17) is 4.52 Å². The van der Waals surface area contributed by atoms with Crippen molar-refractivity contribution in [3.63, 3.8) is 0 Å². The highest BCUT2D eigenvalue weighted by Gasteiger charge is 2.20. The summed E-state index contributed by atoms with van der Waals surface area (Å²) < 4.78 is 19.4. The summed E-state index contributed by atoms with van der Waals surface area (Å²) in [5, 5.41) is 11.1. The number of hydrogen-bond acceptors (Lipinski definition) is 6. The molecule has 9 heteroatoms. The van der Waals surface area contributed by atoms with E-state index >= 15 is 0 Å². The SMILES string of the molecule is O=C(NC1CCCCCCC1)c1nc(Cn2nc(-c3ccc(F)cc3)ccc2=O)no1. The Morgan fingerprint density at radius 2 is 1.77 bits per heavy atom. The van der Waals surface area contributed by atoms with Crippen molar-refractivity contribution < 1.29 is 13.7 Å². The van der Waals surface area contributed by atoms with E-state index in [9.17, 15) is 14.0 Å². The molecule has 1 aromatic carbocycles. The van der Waals surface area contributed by atoms with Crippen LogP contribution in [0.4, 0.5) is 4.39 Å². The van der Waals surface area contributed by atoms with Gasteiger partial charge in [0.2, 0.25) is 0 Å². The predicted octanol–water partition coefficient (Wildman–Crippen LogP) is 3.32. The van der Waals surface area contributed by atoms with Crippen LogP contribution < -0.4 is 10.9 Å². The van der Waals surface area contributed by atoms with Gasteiger partial charge in [-0.25, -0.2) is 9.07 Å². The van der Waals surface area contributed by atoms with Crippen LogP contribution in [0.3, 0.4) is 0 Å². The van der Waals surface area contributed by atoms with Gasteiger partial charge in [0.05, 0.1) is 5.69 Å². The summed E-state index contributed by atoms with van der Waals surface area (Å²) >= 11 is 0. The smallest absolute Gasteiger partial charge is 0.316 e. The number of nitrogens with zero attached hydrogens (tertiary/aromatic N) is 4. The molecule has 1 saturated carbocycles. The quantitative estimate of drug-likeness (QED) is 0.673. The van der Waals surface area contributed by atoms with Crippen LogP contribution in [-0.2, 0) is 6.54 Å². The number of rotatable bonds is 5. The van der Waals surface area contributed by atoms with E-state index in [2.05, 4.69) is 20.6 Å². The molecule has 0 atom stereocenters. The molecule has 31 heavy (non-hydrogen) atoms. The van der Waals surface area contributed by atoms with Crippen LogP contribution in [0.1, 0.15) is 61.5 Å². The lowest BCUT2D eigenvalue weighted by Gasteiger charge is -2.19. The fraction of sp³-hybridized carbons (Fsp3) is 0.409. The largest absolute Gasteiger partial charge is 0.345 e. The van der Waals surface area contributed by atoms with E-state index in [0.717, 1.165) is 25.7 Å². The van der Waals surface area contributed by atoms with Crippen LogP contribution in [0.25, 0.3) is 11.3 Å². The Balaban J connectivity index is 1.44. The second kappa shape index (κ2) is 9.63. The number of aromatic nitrogens is 4. The molecule has 1 aliphatic carbocycles.